The average Bonchev–Trinajstić information content (AvgIpc) is 3.03. The highest BCUT2D eigenvalue weighted by Gasteiger charge is 2.33. The number of aliphatic carboxylic acids is 2. The van der Waals surface area contributed by atoms with Gasteiger partial charge in [0.25, 0.3) is 0 Å². The van der Waals surface area contributed by atoms with E-state index in [0.717, 1.165) is 0 Å². The van der Waals surface area contributed by atoms with E-state index in [9.17, 15) is 38.7 Å². The first kappa shape index (κ1) is 47.0. The molecule has 0 fully saturated rings. The Kier molecular flexibility index (Phi) is 21.6. The molecular formula is C35H63N7O9. The first-order valence-corrected chi connectivity index (χ1v) is 17.8. The van der Waals surface area contributed by atoms with E-state index in [2.05, 4.69) is 38.5 Å². The van der Waals surface area contributed by atoms with Crippen LogP contribution < -0.4 is 37.6 Å². The number of carbonyl (C=O) groups is 7. The van der Waals surface area contributed by atoms with Crippen molar-refractivity contribution >= 4 is 41.5 Å². The number of nitrogens with one attached hydrogen (secondary N) is 6. The molecule has 16 nitrogen and oxygen atoms in total. The first-order valence-electron chi connectivity index (χ1n) is 17.8. The van der Waals surface area contributed by atoms with Gasteiger partial charge >= 0.3 is 11.9 Å². The summed E-state index contributed by atoms with van der Waals surface area (Å²) in [5.74, 6) is -5.64. The molecule has 5 amide bonds. The predicted octanol–water partition coefficient (Wildman–Crippen LogP) is 0.790. The van der Waals surface area contributed by atoms with Crippen LogP contribution >= 0.6 is 0 Å². The Morgan fingerprint density at radius 2 is 1.25 bits per heavy atom. The standard InChI is InChI=1S/C35H63N7O9/c1-11-13-25(40-34(49)29(21(9)12-2)42-30(45)24(36)14-15-26(43)44)31(46)39-23(16-18(3)4)17-37-27(19(5)6)32(47)41-28(20(7)8)33(48)38-22(10)35(50)51/h18-20,22-25,27-29,37H,9,11-17,36H2,1-8,10H3,(H,38,48)(H,39,46)(H,40,49)(H,41,47)(H,42,45)(H,43,44)(H,50,51)/t22-,23-,24-,25-,27-,28-,29-/m0/s1. The van der Waals surface area contributed by atoms with E-state index >= 15 is 0 Å². The van der Waals surface area contributed by atoms with Crippen LogP contribution in [0.1, 0.15) is 101 Å². The Morgan fingerprint density at radius 1 is 0.686 bits per heavy atom. The maximum Gasteiger partial charge on any atom is 0.325 e. The van der Waals surface area contributed by atoms with Crippen molar-refractivity contribution in [2.45, 2.75) is 143 Å². The Bertz CT molecular complexity index is 1210. The highest BCUT2D eigenvalue weighted by molar-refractivity contribution is 5.95. The number of carbonyl (C=O) groups excluding carboxylic acids is 5. The fraction of sp³-hybridized carbons (Fsp3) is 0.743. The van der Waals surface area contributed by atoms with Crippen molar-refractivity contribution < 1.29 is 43.8 Å². The van der Waals surface area contributed by atoms with Crippen molar-refractivity contribution in [3.63, 3.8) is 0 Å². The third-order valence-electron chi connectivity index (χ3n) is 8.24. The van der Waals surface area contributed by atoms with Gasteiger partial charge in [-0.25, -0.2) is 0 Å². The fourth-order valence-corrected chi connectivity index (χ4v) is 5.14. The molecule has 0 aliphatic heterocycles. The van der Waals surface area contributed by atoms with E-state index in [1.807, 2.05) is 34.6 Å². The van der Waals surface area contributed by atoms with Gasteiger partial charge in [-0.05, 0) is 55.9 Å². The number of hydrogen-bond acceptors (Lipinski definition) is 9. The summed E-state index contributed by atoms with van der Waals surface area (Å²) in [4.78, 5) is 88.2. The Balaban J connectivity index is 5.89. The highest BCUT2D eigenvalue weighted by atomic mass is 16.4. The molecule has 0 unspecified atom stereocenters. The van der Waals surface area contributed by atoms with E-state index in [1.165, 1.54) is 6.92 Å². The third-order valence-corrected chi connectivity index (χ3v) is 8.24. The molecule has 0 aromatic heterocycles. The Morgan fingerprint density at radius 3 is 1.73 bits per heavy atom. The summed E-state index contributed by atoms with van der Waals surface area (Å²) in [7, 11) is 0. The zero-order valence-electron chi connectivity index (χ0n) is 31.8. The van der Waals surface area contributed by atoms with Crippen molar-refractivity contribution in [2.75, 3.05) is 6.54 Å². The number of hydrogen-bond donors (Lipinski definition) is 9. The minimum Gasteiger partial charge on any atom is -0.481 e. The molecule has 16 heteroatoms. The van der Waals surface area contributed by atoms with Crippen LogP contribution in [0.4, 0.5) is 0 Å². The smallest absolute Gasteiger partial charge is 0.325 e. The molecule has 10 N–H and O–H groups in total. The van der Waals surface area contributed by atoms with Gasteiger partial charge in [0.2, 0.25) is 29.5 Å². The summed E-state index contributed by atoms with van der Waals surface area (Å²) in [6.45, 7) is 20.1. The minimum atomic E-state index is -1.20. The van der Waals surface area contributed by atoms with Gasteiger partial charge in [-0.3, -0.25) is 33.6 Å². The monoisotopic (exact) mass is 725 g/mol. The van der Waals surface area contributed by atoms with Crippen LogP contribution in [-0.4, -0.2) is 101 Å². The van der Waals surface area contributed by atoms with Gasteiger partial charge in [0.1, 0.15) is 24.2 Å². The summed E-state index contributed by atoms with van der Waals surface area (Å²) in [6.07, 6.45) is 1.25. The van der Waals surface area contributed by atoms with Gasteiger partial charge in [0, 0.05) is 19.0 Å². The maximum atomic E-state index is 13.6. The van der Waals surface area contributed by atoms with Gasteiger partial charge in [-0.15, -0.1) is 0 Å². The molecule has 0 bridgehead atoms. The lowest BCUT2D eigenvalue weighted by Crippen LogP contribution is -2.59. The van der Waals surface area contributed by atoms with Gasteiger partial charge < -0.3 is 47.8 Å². The largest absolute Gasteiger partial charge is 0.481 e. The zero-order valence-corrected chi connectivity index (χ0v) is 31.8. The molecule has 0 saturated carbocycles. The molecule has 0 heterocycles. The summed E-state index contributed by atoms with van der Waals surface area (Å²) in [5.41, 5.74) is 6.21. The minimum absolute atomic E-state index is 0.126. The Hall–Kier alpha value is -4.05. The Labute approximate surface area is 302 Å². The van der Waals surface area contributed by atoms with Crippen molar-refractivity contribution in [2.24, 2.45) is 23.5 Å². The first-order chi connectivity index (χ1) is 23.7. The number of nitrogens with two attached hydrogens (primary N) is 1. The lowest BCUT2D eigenvalue weighted by Gasteiger charge is -2.30. The summed E-state index contributed by atoms with van der Waals surface area (Å²) < 4.78 is 0. The van der Waals surface area contributed by atoms with Crippen LogP contribution in [-0.2, 0) is 33.6 Å². The second-order valence-corrected chi connectivity index (χ2v) is 14.1. The molecule has 7 atom stereocenters. The lowest BCUT2D eigenvalue weighted by atomic mass is 9.98. The quantitative estimate of drug-likeness (QED) is 0.0595. The molecule has 0 aromatic rings. The molecule has 0 aromatic carbocycles. The van der Waals surface area contributed by atoms with Gasteiger partial charge in [-0.2, -0.15) is 0 Å². The van der Waals surface area contributed by atoms with Gasteiger partial charge in [-0.1, -0.05) is 68.4 Å². The lowest BCUT2D eigenvalue weighted by molar-refractivity contribution is -0.142. The van der Waals surface area contributed by atoms with E-state index in [-0.39, 0.29) is 43.6 Å². The molecule has 292 valence electrons. The molecule has 51 heavy (non-hydrogen) atoms. The molecule has 0 aliphatic carbocycles. The van der Waals surface area contributed by atoms with Crippen LogP contribution in [0.2, 0.25) is 0 Å². The summed E-state index contributed by atoms with van der Waals surface area (Å²) in [6, 6.07) is -6.68. The van der Waals surface area contributed by atoms with E-state index in [4.69, 9.17) is 10.8 Å². The van der Waals surface area contributed by atoms with E-state index < -0.39 is 83.8 Å². The molecule has 0 rings (SSSR count). The summed E-state index contributed by atoms with van der Waals surface area (Å²) >= 11 is 0. The maximum absolute atomic E-state index is 13.6. The number of carboxylic acid groups (broad SMARTS) is 2. The van der Waals surface area contributed by atoms with Crippen LogP contribution in [0.15, 0.2) is 12.2 Å². The topological polar surface area (TPSA) is 258 Å². The summed E-state index contributed by atoms with van der Waals surface area (Å²) in [5, 5.41) is 34.7. The SMILES string of the molecule is C=C(CC)[C@H](NC(=O)[C@@H](N)CCC(=O)O)C(=O)N[C@@H](CCC)C(=O)N[C@H](CN[C@H](C(=O)N[C@H](C(=O)N[C@@H](C)C(=O)O)C(C)C)C(C)C)CC(C)C. The normalized spacial score (nSPS) is 15.5. The molecule has 0 radical (unpaired) electrons. The van der Waals surface area contributed by atoms with Crippen LogP contribution in [0.3, 0.4) is 0 Å². The van der Waals surface area contributed by atoms with Crippen LogP contribution in [0.5, 0.6) is 0 Å². The van der Waals surface area contributed by atoms with E-state index in [0.29, 0.717) is 24.8 Å². The van der Waals surface area contributed by atoms with Crippen molar-refractivity contribution in [3.8, 4) is 0 Å². The number of rotatable bonds is 25. The molecule has 0 saturated heterocycles. The average molecular weight is 726 g/mol. The molecular weight excluding hydrogens is 662 g/mol. The fourth-order valence-electron chi connectivity index (χ4n) is 5.14. The second kappa shape index (κ2) is 23.4. The van der Waals surface area contributed by atoms with Crippen LogP contribution in [0.25, 0.3) is 0 Å². The van der Waals surface area contributed by atoms with Crippen molar-refractivity contribution in [1.29, 1.82) is 0 Å². The number of amides is 5. The predicted molar refractivity (Wildman–Crippen MR) is 193 cm³/mol. The third kappa shape index (κ3) is 17.6. The van der Waals surface area contributed by atoms with E-state index in [1.54, 1.807) is 20.8 Å². The highest BCUT2D eigenvalue weighted by Crippen LogP contribution is 2.12. The number of carboxylic acids is 2. The van der Waals surface area contributed by atoms with Crippen LogP contribution in [0, 0.1) is 17.8 Å². The molecule has 0 aliphatic rings. The zero-order chi connectivity index (χ0) is 39.6. The van der Waals surface area contributed by atoms with Crippen molar-refractivity contribution in [1.82, 2.24) is 31.9 Å². The van der Waals surface area contributed by atoms with Gasteiger partial charge in [0.15, 0.2) is 0 Å². The van der Waals surface area contributed by atoms with Gasteiger partial charge in [0.05, 0.1) is 12.1 Å². The second-order valence-electron chi connectivity index (χ2n) is 14.1. The molecule has 0 spiro atoms. The van der Waals surface area contributed by atoms with Crippen molar-refractivity contribution in [3.05, 3.63) is 12.2 Å².